The Morgan fingerprint density at radius 3 is 2.27 bits per heavy atom. The molecule has 0 aliphatic rings. The van der Waals surface area contributed by atoms with Gasteiger partial charge in [0.2, 0.25) is 0 Å². The highest BCUT2D eigenvalue weighted by Crippen LogP contribution is 2.24. The first-order chi connectivity index (χ1) is 10.5. The van der Waals surface area contributed by atoms with Crippen LogP contribution in [0.1, 0.15) is 38.8 Å². The molecule has 0 radical (unpaired) electrons. The van der Waals surface area contributed by atoms with Gasteiger partial charge in [-0.25, -0.2) is 9.59 Å². The van der Waals surface area contributed by atoms with Crippen molar-refractivity contribution in [2.24, 2.45) is 0 Å². The fraction of sp³-hybridized carbons (Fsp3) is 0.176. The number of carboxylic acid groups (broad SMARTS) is 2. The van der Waals surface area contributed by atoms with Gasteiger partial charge < -0.3 is 14.9 Å². The molecule has 0 amide bonds. The highest BCUT2D eigenvalue weighted by atomic mass is 16.5. The number of rotatable bonds is 6. The van der Waals surface area contributed by atoms with Crippen LogP contribution >= 0.6 is 0 Å². The molecule has 5 nitrogen and oxygen atoms in total. The number of aromatic carboxylic acids is 2. The lowest BCUT2D eigenvalue weighted by Crippen LogP contribution is -2.12. The van der Waals surface area contributed by atoms with E-state index >= 15 is 0 Å². The molecule has 0 unspecified atom stereocenters. The zero-order valence-corrected chi connectivity index (χ0v) is 12.1. The molecule has 0 atom stereocenters. The van der Waals surface area contributed by atoms with Crippen LogP contribution in [0.15, 0.2) is 42.5 Å². The molecule has 114 valence electrons. The number of carboxylic acids is 2. The monoisotopic (exact) mass is 300 g/mol. The van der Waals surface area contributed by atoms with Crippen LogP contribution in [-0.2, 0) is 13.0 Å². The van der Waals surface area contributed by atoms with E-state index in [0.29, 0.717) is 17.7 Å². The minimum absolute atomic E-state index is 0.179. The van der Waals surface area contributed by atoms with Crippen LogP contribution in [0.5, 0.6) is 5.75 Å². The van der Waals surface area contributed by atoms with E-state index in [4.69, 9.17) is 4.74 Å². The molecule has 2 aromatic rings. The van der Waals surface area contributed by atoms with Gasteiger partial charge in [-0.2, -0.15) is 0 Å². The maximum atomic E-state index is 11.3. The Morgan fingerprint density at radius 2 is 1.73 bits per heavy atom. The van der Waals surface area contributed by atoms with Crippen LogP contribution in [0.25, 0.3) is 0 Å². The van der Waals surface area contributed by atoms with Crippen molar-refractivity contribution in [1.82, 2.24) is 0 Å². The quantitative estimate of drug-likeness (QED) is 0.855. The van der Waals surface area contributed by atoms with Crippen LogP contribution in [0.4, 0.5) is 0 Å². The summed E-state index contributed by atoms with van der Waals surface area (Å²) in [5.74, 6) is -2.18. The topological polar surface area (TPSA) is 83.8 Å². The Bertz CT molecular complexity index is 692. The van der Waals surface area contributed by atoms with Crippen molar-refractivity contribution in [3.05, 3.63) is 64.7 Å². The zero-order chi connectivity index (χ0) is 16.1. The van der Waals surface area contributed by atoms with Crippen LogP contribution in [0.3, 0.4) is 0 Å². The van der Waals surface area contributed by atoms with Crippen LogP contribution < -0.4 is 4.74 Å². The van der Waals surface area contributed by atoms with Crippen molar-refractivity contribution >= 4 is 11.9 Å². The molecule has 5 heteroatoms. The number of aryl methyl sites for hydroxylation is 1. The molecule has 0 aliphatic carbocycles. The van der Waals surface area contributed by atoms with Crippen LogP contribution in [0.2, 0.25) is 0 Å². The maximum Gasteiger partial charge on any atom is 0.336 e. The summed E-state index contributed by atoms with van der Waals surface area (Å²) in [6, 6.07) is 12.3. The molecular weight excluding hydrogens is 284 g/mol. The average Bonchev–Trinajstić information content (AvgIpc) is 2.52. The van der Waals surface area contributed by atoms with Gasteiger partial charge in [0.05, 0.1) is 11.1 Å². The highest BCUT2D eigenvalue weighted by molar-refractivity contribution is 6.03. The molecule has 0 spiro atoms. The van der Waals surface area contributed by atoms with Gasteiger partial charge in [-0.15, -0.1) is 0 Å². The number of hydrogen-bond donors (Lipinski definition) is 2. The highest BCUT2D eigenvalue weighted by Gasteiger charge is 2.21. The average molecular weight is 300 g/mol. The first-order valence-electron chi connectivity index (χ1n) is 6.83. The summed E-state index contributed by atoms with van der Waals surface area (Å²) < 4.78 is 5.60. The van der Waals surface area contributed by atoms with Crippen molar-refractivity contribution in [3.8, 4) is 5.75 Å². The number of hydrogen-bond acceptors (Lipinski definition) is 3. The van der Waals surface area contributed by atoms with E-state index in [-0.39, 0.29) is 17.7 Å². The predicted molar refractivity (Wildman–Crippen MR) is 80.5 cm³/mol. The minimum atomic E-state index is -1.28. The Morgan fingerprint density at radius 1 is 1.05 bits per heavy atom. The van der Waals surface area contributed by atoms with Crippen molar-refractivity contribution < 1.29 is 24.5 Å². The van der Waals surface area contributed by atoms with Gasteiger partial charge in [0.15, 0.2) is 0 Å². The lowest BCUT2D eigenvalue weighted by Gasteiger charge is -2.12. The smallest absolute Gasteiger partial charge is 0.336 e. The minimum Gasteiger partial charge on any atom is -0.489 e. The second-order valence-electron chi connectivity index (χ2n) is 4.74. The summed E-state index contributed by atoms with van der Waals surface area (Å²) in [5, 5.41) is 18.4. The zero-order valence-electron chi connectivity index (χ0n) is 12.1. The molecule has 0 heterocycles. The van der Waals surface area contributed by atoms with Gasteiger partial charge >= 0.3 is 11.9 Å². The van der Waals surface area contributed by atoms with Crippen LogP contribution in [0, 0.1) is 0 Å². The second-order valence-corrected chi connectivity index (χ2v) is 4.74. The molecule has 2 N–H and O–H groups in total. The van der Waals surface area contributed by atoms with E-state index in [1.54, 1.807) is 13.0 Å². The normalized spacial score (nSPS) is 10.2. The standard InChI is InChI=1S/C17H16O5/c1-2-12-8-13(22-10-11-6-4-3-5-7-11)9-14(16(18)19)15(12)17(20)21/h3-9H,2,10H2,1H3,(H,18,19)(H,20,21). The largest absolute Gasteiger partial charge is 0.489 e. The van der Waals surface area contributed by atoms with E-state index in [1.807, 2.05) is 30.3 Å². The van der Waals surface area contributed by atoms with Gasteiger partial charge in [-0.05, 0) is 29.7 Å². The summed E-state index contributed by atoms with van der Waals surface area (Å²) in [6.07, 6.45) is 0.407. The molecule has 0 aliphatic heterocycles. The molecule has 0 saturated heterocycles. The SMILES string of the molecule is CCc1cc(OCc2ccccc2)cc(C(=O)O)c1C(=O)O. The number of benzene rings is 2. The fourth-order valence-electron chi connectivity index (χ4n) is 2.20. The van der Waals surface area contributed by atoms with Crippen LogP contribution in [-0.4, -0.2) is 22.2 Å². The van der Waals surface area contributed by atoms with E-state index in [2.05, 4.69) is 0 Å². The summed E-state index contributed by atoms with van der Waals surface area (Å²) in [5.41, 5.74) is 0.951. The molecule has 0 saturated carbocycles. The lowest BCUT2D eigenvalue weighted by atomic mass is 9.98. The number of carbonyl (C=O) groups is 2. The van der Waals surface area contributed by atoms with Crippen molar-refractivity contribution in [2.75, 3.05) is 0 Å². The lowest BCUT2D eigenvalue weighted by molar-refractivity contribution is 0.0650. The van der Waals surface area contributed by atoms with Crippen molar-refractivity contribution in [2.45, 2.75) is 20.0 Å². The third kappa shape index (κ3) is 3.44. The number of ether oxygens (including phenoxy) is 1. The Labute approximate surface area is 127 Å². The molecule has 2 rings (SSSR count). The molecule has 0 fully saturated rings. The Hall–Kier alpha value is -2.82. The van der Waals surface area contributed by atoms with Gasteiger partial charge in [-0.1, -0.05) is 37.3 Å². The third-order valence-electron chi connectivity index (χ3n) is 3.27. The third-order valence-corrected chi connectivity index (χ3v) is 3.27. The summed E-state index contributed by atoms with van der Waals surface area (Å²) in [6.45, 7) is 2.06. The Balaban J connectivity index is 2.34. The molecular formula is C17H16O5. The first kappa shape index (κ1) is 15.6. The fourth-order valence-corrected chi connectivity index (χ4v) is 2.20. The molecule has 0 bridgehead atoms. The van der Waals surface area contributed by atoms with E-state index in [1.165, 1.54) is 6.07 Å². The molecule has 22 heavy (non-hydrogen) atoms. The van der Waals surface area contributed by atoms with E-state index in [0.717, 1.165) is 5.56 Å². The molecule has 0 aromatic heterocycles. The van der Waals surface area contributed by atoms with Gasteiger partial charge in [0.25, 0.3) is 0 Å². The van der Waals surface area contributed by atoms with Gasteiger partial charge in [-0.3, -0.25) is 0 Å². The molecule has 2 aromatic carbocycles. The summed E-state index contributed by atoms with van der Waals surface area (Å²) in [7, 11) is 0. The van der Waals surface area contributed by atoms with E-state index < -0.39 is 11.9 Å². The van der Waals surface area contributed by atoms with Gasteiger partial charge in [0, 0.05) is 0 Å². The second kappa shape index (κ2) is 6.76. The first-order valence-corrected chi connectivity index (χ1v) is 6.83. The van der Waals surface area contributed by atoms with Crippen molar-refractivity contribution in [1.29, 1.82) is 0 Å². The van der Waals surface area contributed by atoms with Crippen molar-refractivity contribution in [3.63, 3.8) is 0 Å². The maximum absolute atomic E-state index is 11.3. The summed E-state index contributed by atoms with van der Waals surface area (Å²) >= 11 is 0. The van der Waals surface area contributed by atoms with E-state index in [9.17, 15) is 19.8 Å². The summed E-state index contributed by atoms with van der Waals surface area (Å²) in [4.78, 5) is 22.6. The Kier molecular flexibility index (Phi) is 4.78. The predicted octanol–water partition coefficient (Wildman–Crippen LogP) is 3.22. The van der Waals surface area contributed by atoms with Gasteiger partial charge in [0.1, 0.15) is 12.4 Å².